The monoisotopic (exact) mass is 527 g/mol. The van der Waals surface area contributed by atoms with Gasteiger partial charge in [0.15, 0.2) is 0 Å². The molecule has 2 aromatic carbocycles. The Morgan fingerprint density at radius 2 is 1.69 bits per heavy atom. The van der Waals surface area contributed by atoms with E-state index in [4.69, 9.17) is 0 Å². The molecular weight excluding hydrogens is 498 g/mol. The van der Waals surface area contributed by atoms with Crippen LogP contribution in [0.25, 0.3) is 11.8 Å². The SMILES string of the molecule is Cc1cc(/C=C2\C(=O)NC(=O)N(Cc3ccccc3)C2=O)c(C)n1-c1ccc(N2CCCCC2)c([N+](=O)[O-])c1. The number of amides is 4. The molecule has 2 aliphatic rings. The molecule has 0 unspecified atom stereocenters. The molecule has 2 saturated heterocycles. The fourth-order valence-corrected chi connectivity index (χ4v) is 5.29. The summed E-state index contributed by atoms with van der Waals surface area (Å²) in [4.78, 5) is 53.0. The van der Waals surface area contributed by atoms with E-state index in [-0.39, 0.29) is 22.7 Å². The van der Waals surface area contributed by atoms with Gasteiger partial charge in [-0.15, -0.1) is 0 Å². The number of aromatic nitrogens is 1. The minimum absolute atomic E-state index is 0.0299. The van der Waals surface area contributed by atoms with Gasteiger partial charge in [-0.25, -0.2) is 4.79 Å². The van der Waals surface area contributed by atoms with E-state index in [0.29, 0.717) is 22.6 Å². The second kappa shape index (κ2) is 10.6. The Bertz CT molecular complexity index is 1500. The Kier molecular flexibility index (Phi) is 7.02. The molecule has 0 radical (unpaired) electrons. The lowest BCUT2D eigenvalue weighted by Gasteiger charge is -2.28. The van der Waals surface area contributed by atoms with Crippen molar-refractivity contribution in [2.45, 2.75) is 39.7 Å². The summed E-state index contributed by atoms with van der Waals surface area (Å²) in [7, 11) is 0. The topological polar surface area (TPSA) is 118 Å². The number of anilines is 1. The molecule has 3 aromatic rings. The van der Waals surface area contributed by atoms with E-state index in [1.807, 2.05) is 48.7 Å². The van der Waals surface area contributed by atoms with Crippen molar-refractivity contribution in [1.82, 2.24) is 14.8 Å². The van der Waals surface area contributed by atoms with E-state index in [1.54, 1.807) is 24.3 Å². The number of hydrogen-bond donors (Lipinski definition) is 1. The van der Waals surface area contributed by atoms with Crippen molar-refractivity contribution >= 4 is 35.3 Å². The van der Waals surface area contributed by atoms with Gasteiger partial charge in [-0.2, -0.15) is 0 Å². The first-order chi connectivity index (χ1) is 18.7. The molecule has 3 heterocycles. The third-order valence-electron chi connectivity index (χ3n) is 7.25. The molecule has 0 bridgehead atoms. The summed E-state index contributed by atoms with van der Waals surface area (Å²) in [6.07, 6.45) is 4.61. The van der Waals surface area contributed by atoms with Crippen LogP contribution in [-0.4, -0.2) is 45.3 Å². The number of hydrogen-bond acceptors (Lipinski definition) is 6. The molecule has 0 saturated carbocycles. The van der Waals surface area contributed by atoms with Gasteiger partial charge < -0.3 is 9.47 Å². The molecule has 1 N–H and O–H groups in total. The van der Waals surface area contributed by atoms with Crippen LogP contribution in [0.1, 0.15) is 41.8 Å². The van der Waals surface area contributed by atoms with Crippen molar-refractivity contribution in [2.75, 3.05) is 18.0 Å². The van der Waals surface area contributed by atoms with Crippen LogP contribution >= 0.6 is 0 Å². The van der Waals surface area contributed by atoms with E-state index >= 15 is 0 Å². The van der Waals surface area contributed by atoms with Crippen molar-refractivity contribution < 1.29 is 19.3 Å². The summed E-state index contributed by atoms with van der Waals surface area (Å²) in [6.45, 7) is 5.29. The van der Waals surface area contributed by atoms with E-state index in [0.717, 1.165) is 48.5 Å². The summed E-state index contributed by atoms with van der Waals surface area (Å²) in [5.41, 5.74) is 3.94. The average Bonchev–Trinajstić information content (AvgIpc) is 3.21. The maximum atomic E-state index is 13.2. The first-order valence-corrected chi connectivity index (χ1v) is 12.9. The number of barbiturate groups is 1. The highest BCUT2D eigenvalue weighted by molar-refractivity contribution is 6.31. The van der Waals surface area contributed by atoms with Crippen molar-refractivity contribution in [3.05, 3.63) is 92.8 Å². The van der Waals surface area contributed by atoms with Gasteiger partial charge in [0.05, 0.1) is 17.2 Å². The third-order valence-corrected chi connectivity index (χ3v) is 7.25. The number of carbonyl (C=O) groups is 3. The van der Waals surface area contributed by atoms with Crippen LogP contribution in [0.4, 0.5) is 16.2 Å². The first kappa shape index (κ1) is 25.9. The van der Waals surface area contributed by atoms with Gasteiger partial charge in [0.1, 0.15) is 11.3 Å². The van der Waals surface area contributed by atoms with Gasteiger partial charge in [-0.1, -0.05) is 30.3 Å². The average molecular weight is 528 g/mol. The molecule has 0 aliphatic carbocycles. The zero-order valence-corrected chi connectivity index (χ0v) is 21.8. The fourth-order valence-electron chi connectivity index (χ4n) is 5.29. The molecule has 10 nitrogen and oxygen atoms in total. The quantitative estimate of drug-likeness (QED) is 0.216. The molecule has 0 spiro atoms. The Labute approximate surface area is 225 Å². The smallest absolute Gasteiger partial charge is 0.331 e. The van der Waals surface area contributed by atoms with Gasteiger partial charge in [-0.3, -0.25) is 29.9 Å². The molecule has 10 heteroatoms. The highest BCUT2D eigenvalue weighted by atomic mass is 16.6. The van der Waals surface area contributed by atoms with Crippen LogP contribution in [0.5, 0.6) is 0 Å². The largest absolute Gasteiger partial charge is 0.366 e. The lowest BCUT2D eigenvalue weighted by Crippen LogP contribution is -2.53. The maximum Gasteiger partial charge on any atom is 0.331 e. The zero-order valence-electron chi connectivity index (χ0n) is 21.8. The minimum Gasteiger partial charge on any atom is -0.366 e. The number of imide groups is 2. The van der Waals surface area contributed by atoms with Crippen molar-refractivity contribution in [3.63, 3.8) is 0 Å². The predicted octanol–water partition coefficient (Wildman–Crippen LogP) is 4.65. The molecule has 2 fully saturated rings. The molecule has 5 rings (SSSR count). The van der Waals surface area contributed by atoms with Crippen LogP contribution in [0.2, 0.25) is 0 Å². The molecule has 4 amide bonds. The number of benzene rings is 2. The Hall–Kier alpha value is -4.73. The van der Waals surface area contributed by atoms with Gasteiger partial charge in [0.2, 0.25) is 0 Å². The molecule has 200 valence electrons. The highest BCUT2D eigenvalue weighted by Crippen LogP contribution is 2.34. The number of nitro groups is 1. The van der Waals surface area contributed by atoms with Crippen LogP contribution in [-0.2, 0) is 16.1 Å². The number of aryl methyl sites for hydroxylation is 1. The molecule has 2 aliphatic heterocycles. The number of rotatable bonds is 6. The predicted molar refractivity (Wildman–Crippen MR) is 146 cm³/mol. The van der Waals surface area contributed by atoms with Gasteiger partial charge >= 0.3 is 6.03 Å². The van der Waals surface area contributed by atoms with Crippen LogP contribution in [0.3, 0.4) is 0 Å². The Morgan fingerprint density at radius 1 is 0.974 bits per heavy atom. The third kappa shape index (κ3) is 5.05. The van der Waals surface area contributed by atoms with Crippen molar-refractivity contribution in [3.8, 4) is 5.69 Å². The number of urea groups is 1. The summed E-state index contributed by atoms with van der Waals surface area (Å²) >= 11 is 0. The fraction of sp³-hybridized carbons (Fsp3) is 0.276. The first-order valence-electron chi connectivity index (χ1n) is 12.9. The van der Waals surface area contributed by atoms with E-state index < -0.39 is 17.8 Å². The zero-order chi connectivity index (χ0) is 27.7. The van der Waals surface area contributed by atoms with Crippen molar-refractivity contribution in [2.24, 2.45) is 0 Å². The molecular formula is C29H29N5O5. The van der Waals surface area contributed by atoms with E-state index in [2.05, 4.69) is 10.2 Å². The standard InChI is InChI=1S/C29H29N5O5/c1-19-15-22(16-24-27(35)30-29(37)32(28(24)36)18-21-9-5-3-6-10-21)20(2)33(19)23-11-12-25(26(17-23)34(38)39)31-13-7-4-8-14-31/h3,5-6,9-12,15-17H,4,7-8,13-14,18H2,1-2H3,(H,30,35,37)/b24-16+. The molecule has 39 heavy (non-hydrogen) atoms. The second-order valence-corrected chi connectivity index (χ2v) is 9.83. The molecule has 1 aromatic heterocycles. The molecule has 0 atom stereocenters. The lowest BCUT2D eigenvalue weighted by molar-refractivity contribution is -0.384. The highest BCUT2D eigenvalue weighted by Gasteiger charge is 2.36. The number of nitro benzene ring substituents is 1. The maximum absolute atomic E-state index is 13.2. The number of piperidine rings is 1. The number of carbonyl (C=O) groups excluding carboxylic acids is 3. The van der Waals surface area contributed by atoms with Crippen LogP contribution in [0, 0.1) is 24.0 Å². The Balaban J connectivity index is 1.49. The van der Waals surface area contributed by atoms with Gasteiger partial charge in [0.25, 0.3) is 17.5 Å². The van der Waals surface area contributed by atoms with E-state index in [1.165, 1.54) is 6.08 Å². The minimum atomic E-state index is -0.766. The summed E-state index contributed by atoms with van der Waals surface area (Å²) in [5, 5.41) is 14.2. The lowest BCUT2D eigenvalue weighted by atomic mass is 10.1. The van der Waals surface area contributed by atoms with E-state index in [9.17, 15) is 24.5 Å². The van der Waals surface area contributed by atoms with Crippen LogP contribution < -0.4 is 10.2 Å². The summed E-state index contributed by atoms with van der Waals surface area (Å²) in [5.74, 6) is -1.44. The normalized spacial score (nSPS) is 17.1. The summed E-state index contributed by atoms with van der Waals surface area (Å²) in [6, 6.07) is 15.3. The van der Waals surface area contributed by atoms with Gasteiger partial charge in [0, 0.05) is 30.5 Å². The van der Waals surface area contributed by atoms with Crippen molar-refractivity contribution in [1.29, 1.82) is 0 Å². The second-order valence-electron chi connectivity index (χ2n) is 9.83. The number of nitrogens with zero attached hydrogens (tertiary/aromatic N) is 4. The Morgan fingerprint density at radius 3 is 2.38 bits per heavy atom. The summed E-state index contributed by atoms with van der Waals surface area (Å²) < 4.78 is 1.86. The van der Waals surface area contributed by atoms with Gasteiger partial charge in [-0.05, 0) is 68.5 Å². The number of nitrogens with one attached hydrogen (secondary N) is 1. The van der Waals surface area contributed by atoms with Crippen LogP contribution in [0.15, 0.2) is 60.2 Å².